The van der Waals surface area contributed by atoms with Gasteiger partial charge in [0.05, 0.1) is 6.54 Å². The summed E-state index contributed by atoms with van der Waals surface area (Å²) in [6.45, 7) is 4.97. The van der Waals surface area contributed by atoms with Crippen LogP contribution in [0.4, 0.5) is 0 Å². The lowest BCUT2D eigenvalue weighted by molar-refractivity contribution is -0.116. The van der Waals surface area contributed by atoms with Gasteiger partial charge < -0.3 is 10.1 Å². The van der Waals surface area contributed by atoms with E-state index in [2.05, 4.69) is 5.32 Å². The zero-order valence-electron chi connectivity index (χ0n) is 13.0. The van der Waals surface area contributed by atoms with Crippen molar-refractivity contribution in [1.82, 2.24) is 5.32 Å². The van der Waals surface area contributed by atoms with Crippen molar-refractivity contribution < 1.29 is 9.53 Å². The number of amides is 1. The highest BCUT2D eigenvalue weighted by molar-refractivity contribution is 5.91. The number of hydrogen-bond donors (Lipinski definition) is 1. The lowest BCUT2D eigenvalue weighted by Crippen LogP contribution is -2.26. The number of para-hydroxylation sites is 1. The summed E-state index contributed by atoms with van der Waals surface area (Å²) >= 11 is 0. The number of aryl methyl sites for hydroxylation is 2. The van der Waals surface area contributed by atoms with E-state index in [9.17, 15) is 4.79 Å². The van der Waals surface area contributed by atoms with Gasteiger partial charge in [0.1, 0.15) is 12.4 Å². The quantitative estimate of drug-likeness (QED) is 0.654. The number of ether oxygens (including phenoxy) is 1. The topological polar surface area (TPSA) is 38.3 Å². The molecule has 0 unspecified atom stereocenters. The molecule has 0 aromatic heterocycles. The second-order valence-corrected chi connectivity index (χ2v) is 5.15. The Balaban J connectivity index is 1.72. The molecule has 114 valence electrons. The van der Waals surface area contributed by atoms with Gasteiger partial charge in [-0.25, -0.2) is 0 Å². The summed E-state index contributed by atoms with van der Waals surface area (Å²) in [5.74, 6) is 0.737. The molecule has 0 bridgehead atoms. The van der Waals surface area contributed by atoms with E-state index in [1.165, 1.54) is 5.56 Å². The zero-order chi connectivity index (χ0) is 15.8. The van der Waals surface area contributed by atoms with Crippen LogP contribution < -0.4 is 10.1 Å². The van der Waals surface area contributed by atoms with Gasteiger partial charge >= 0.3 is 0 Å². The molecule has 2 rings (SSSR count). The third kappa shape index (κ3) is 5.09. The van der Waals surface area contributed by atoms with E-state index < -0.39 is 0 Å². The largest absolute Gasteiger partial charge is 0.491 e. The van der Waals surface area contributed by atoms with Crippen LogP contribution in [0.15, 0.2) is 54.6 Å². The SMILES string of the molecule is Cc1ccc(C=CC(=O)NCCOc2ccccc2C)cc1. The van der Waals surface area contributed by atoms with Gasteiger partial charge in [-0.2, -0.15) is 0 Å². The van der Waals surface area contributed by atoms with Gasteiger partial charge in [-0.15, -0.1) is 0 Å². The number of carbonyl (C=O) groups excluding carboxylic acids is 1. The molecular weight excluding hydrogens is 274 g/mol. The summed E-state index contributed by atoms with van der Waals surface area (Å²) in [6, 6.07) is 15.8. The minimum atomic E-state index is -0.117. The van der Waals surface area contributed by atoms with Crippen LogP contribution in [-0.4, -0.2) is 19.1 Å². The lowest BCUT2D eigenvalue weighted by Gasteiger charge is -2.08. The molecule has 0 aliphatic heterocycles. The molecule has 22 heavy (non-hydrogen) atoms. The van der Waals surface area contributed by atoms with Crippen molar-refractivity contribution in [1.29, 1.82) is 0 Å². The average molecular weight is 295 g/mol. The molecule has 3 nitrogen and oxygen atoms in total. The third-order valence-electron chi connectivity index (χ3n) is 3.26. The Morgan fingerprint density at radius 2 is 1.82 bits per heavy atom. The van der Waals surface area contributed by atoms with E-state index in [1.807, 2.05) is 62.4 Å². The van der Waals surface area contributed by atoms with Crippen LogP contribution in [0.1, 0.15) is 16.7 Å². The van der Waals surface area contributed by atoms with Crippen LogP contribution >= 0.6 is 0 Å². The first-order valence-corrected chi connectivity index (χ1v) is 7.36. The molecule has 2 aromatic carbocycles. The molecule has 0 aliphatic rings. The number of rotatable bonds is 6. The van der Waals surface area contributed by atoms with E-state index in [4.69, 9.17) is 4.74 Å². The first-order valence-electron chi connectivity index (χ1n) is 7.36. The fourth-order valence-electron chi connectivity index (χ4n) is 1.96. The van der Waals surface area contributed by atoms with Crippen molar-refractivity contribution in [2.24, 2.45) is 0 Å². The smallest absolute Gasteiger partial charge is 0.244 e. The average Bonchev–Trinajstić information content (AvgIpc) is 2.52. The molecule has 0 heterocycles. The predicted octanol–water partition coefficient (Wildman–Crippen LogP) is 3.51. The van der Waals surface area contributed by atoms with Gasteiger partial charge in [0.15, 0.2) is 0 Å². The molecule has 0 fully saturated rings. The van der Waals surface area contributed by atoms with E-state index in [1.54, 1.807) is 12.2 Å². The Morgan fingerprint density at radius 1 is 1.09 bits per heavy atom. The molecule has 2 aromatic rings. The lowest BCUT2D eigenvalue weighted by atomic mass is 10.1. The van der Waals surface area contributed by atoms with Crippen LogP contribution in [0.3, 0.4) is 0 Å². The molecular formula is C19H21NO2. The van der Waals surface area contributed by atoms with E-state index in [0.29, 0.717) is 13.2 Å². The first kappa shape index (κ1) is 15.8. The van der Waals surface area contributed by atoms with Gasteiger partial charge in [-0.1, -0.05) is 48.0 Å². The summed E-state index contributed by atoms with van der Waals surface area (Å²) in [5, 5.41) is 2.80. The van der Waals surface area contributed by atoms with Crippen molar-refractivity contribution in [2.75, 3.05) is 13.2 Å². The normalized spacial score (nSPS) is 10.6. The van der Waals surface area contributed by atoms with Crippen LogP contribution in [0.2, 0.25) is 0 Å². The highest BCUT2D eigenvalue weighted by Crippen LogP contribution is 2.15. The van der Waals surface area contributed by atoms with Gasteiger partial charge in [0.25, 0.3) is 0 Å². The van der Waals surface area contributed by atoms with Crippen molar-refractivity contribution in [3.8, 4) is 5.75 Å². The van der Waals surface area contributed by atoms with Gasteiger partial charge in [-0.05, 0) is 37.1 Å². The first-order chi connectivity index (χ1) is 10.6. The Bertz CT molecular complexity index is 645. The summed E-state index contributed by atoms with van der Waals surface area (Å²) in [7, 11) is 0. The molecule has 1 N–H and O–H groups in total. The predicted molar refractivity (Wildman–Crippen MR) is 89.9 cm³/mol. The van der Waals surface area contributed by atoms with Crippen LogP contribution in [0.25, 0.3) is 6.08 Å². The summed E-state index contributed by atoms with van der Waals surface area (Å²) in [5.41, 5.74) is 3.31. The second-order valence-electron chi connectivity index (χ2n) is 5.15. The Kier molecular flexibility index (Phi) is 5.78. The second kappa shape index (κ2) is 8.03. The maximum atomic E-state index is 11.7. The number of nitrogens with one attached hydrogen (secondary N) is 1. The molecule has 0 spiro atoms. The molecule has 0 saturated carbocycles. The van der Waals surface area contributed by atoms with E-state index in [0.717, 1.165) is 16.9 Å². The van der Waals surface area contributed by atoms with Gasteiger partial charge in [-0.3, -0.25) is 4.79 Å². The third-order valence-corrected chi connectivity index (χ3v) is 3.26. The maximum Gasteiger partial charge on any atom is 0.244 e. The van der Waals surface area contributed by atoms with Crippen LogP contribution in [0, 0.1) is 13.8 Å². The van der Waals surface area contributed by atoms with Crippen molar-refractivity contribution in [3.05, 3.63) is 71.3 Å². The molecule has 0 saturated heterocycles. The molecule has 1 amide bonds. The number of carbonyl (C=O) groups is 1. The summed E-state index contributed by atoms with van der Waals surface area (Å²) in [4.78, 5) is 11.7. The minimum Gasteiger partial charge on any atom is -0.491 e. The fourth-order valence-corrected chi connectivity index (χ4v) is 1.96. The zero-order valence-corrected chi connectivity index (χ0v) is 13.0. The van der Waals surface area contributed by atoms with E-state index in [-0.39, 0.29) is 5.91 Å². The Hall–Kier alpha value is -2.55. The Labute approximate surface area is 131 Å². The molecule has 0 aliphatic carbocycles. The molecule has 3 heteroatoms. The monoisotopic (exact) mass is 295 g/mol. The maximum absolute atomic E-state index is 11.7. The summed E-state index contributed by atoms with van der Waals surface area (Å²) in [6.07, 6.45) is 3.34. The number of hydrogen-bond acceptors (Lipinski definition) is 2. The van der Waals surface area contributed by atoms with Crippen molar-refractivity contribution in [3.63, 3.8) is 0 Å². The molecule has 0 radical (unpaired) electrons. The van der Waals surface area contributed by atoms with E-state index >= 15 is 0 Å². The van der Waals surface area contributed by atoms with Crippen molar-refractivity contribution in [2.45, 2.75) is 13.8 Å². The standard InChI is InChI=1S/C19H21NO2/c1-15-7-9-17(10-8-15)11-12-19(21)20-13-14-22-18-6-4-3-5-16(18)2/h3-12H,13-14H2,1-2H3,(H,20,21). The Morgan fingerprint density at radius 3 is 2.55 bits per heavy atom. The van der Waals surface area contributed by atoms with Gasteiger partial charge in [0.2, 0.25) is 5.91 Å². The summed E-state index contributed by atoms with van der Waals surface area (Å²) < 4.78 is 5.62. The minimum absolute atomic E-state index is 0.117. The molecule has 0 atom stereocenters. The highest BCUT2D eigenvalue weighted by Gasteiger charge is 1.98. The fraction of sp³-hybridized carbons (Fsp3) is 0.211. The van der Waals surface area contributed by atoms with Gasteiger partial charge in [0, 0.05) is 6.08 Å². The highest BCUT2D eigenvalue weighted by atomic mass is 16.5. The van der Waals surface area contributed by atoms with Crippen LogP contribution in [0.5, 0.6) is 5.75 Å². The number of benzene rings is 2. The van der Waals surface area contributed by atoms with Crippen molar-refractivity contribution >= 4 is 12.0 Å². The van der Waals surface area contributed by atoms with Crippen LogP contribution in [-0.2, 0) is 4.79 Å².